The predicted molar refractivity (Wildman–Crippen MR) is 81.4 cm³/mol. The molecule has 1 aromatic carbocycles. The Morgan fingerprint density at radius 3 is 2.11 bits per heavy atom. The molecule has 0 atom stereocenters. The molecule has 2 saturated carbocycles. The van der Waals surface area contributed by atoms with E-state index in [0.29, 0.717) is 16.9 Å². The molecule has 1 N–H and O–H groups in total. The molecule has 1 heteroatoms. The van der Waals surface area contributed by atoms with Gasteiger partial charge in [0.2, 0.25) is 0 Å². The van der Waals surface area contributed by atoms with E-state index in [2.05, 4.69) is 64.2 Å². The molecule has 3 rings (SSSR count). The van der Waals surface area contributed by atoms with Gasteiger partial charge in [-0.2, -0.15) is 0 Å². The Bertz CT molecular complexity index is 466. The van der Waals surface area contributed by atoms with Crippen molar-refractivity contribution < 1.29 is 0 Å². The molecular formula is C18H27N. The molecule has 0 amide bonds. The molecule has 1 aromatic rings. The van der Waals surface area contributed by atoms with E-state index in [1.54, 1.807) is 5.56 Å². The van der Waals surface area contributed by atoms with Gasteiger partial charge in [-0.3, -0.25) is 0 Å². The molecule has 2 aliphatic carbocycles. The molecule has 0 spiro atoms. The van der Waals surface area contributed by atoms with Gasteiger partial charge in [-0.1, -0.05) is 52.0 Å². The van der Waals surface area contributed by atoms with Crippen molar-refractivity contribution in [1.29, 1.82) is 0 Å². The van der Waals surface area contributed by atoms with Crippen molar-refractivity contribution in [1.82, 2.24) is 5.32 Å². The molecule has 0 unspecified atom stereocenters. The van der Waals surface area contributed by atoms with Crippen LogP contribution in [-0.4, -0.2) is 12.1 Å². The fraction of sp³-hybridized carbons (Fsp3) is 0.667. The molecule has 0 bridgehead atoms. The molecule has 19 heavy (non-hydrogen) atoms. The average Bonchev–Trinajstić information content (AvgIpc) is 2.66. The van der Waals surface area contributed by atoms with Crippen molar-refractivity contribution in [2.24, 2.45) is 10.8 Å². The maximum Gasteiger partial charge on any atom is 0.0183 e. The largest absolute Gasteiger partial charge is 0.310 e. The summed E-state index contributed by atoms with van der Waals surface area (Å²) in [5.41, 5.74) is 3.94. The maximum absolute atomic E-state index is 3.89. The smallest absolute Gasteiger partial charge is 0.0183 e. The van der Waals surface area contributed by atoms with Gasteiger partial charge in [-0.15, -0.1) is 0 Å². The first-order valence-corrected chi connectivity index (χ1v) is 7.65. The third kappa shape index (κ3) is 1.94. The van der Waals surface area contributed by atoms with Gasteiger partial charge in [0.15, 0.2) is 0 Å². The van der Waals surface area contributed by atoms with Gasteiger partial charge in [-0.05, 0) is 47.6 Å². The van der Waals surface area contributed by atoms with Crippen LogP contribution in [0, 0.1) is 17.8 Å². The lowest BCUT2D eigenvalue weighted by Crippen LogP contribution is -2.43. The van der Waals surface area contributed by atoms with Crippen molar-refractivity contribution in [3.63, 3.8) is 0 Å². The van der Waals surface area contributed by atoms with Crippen molar-refractivity contribution >= 4 is 0 Å². The van der Waals surface area contributed by atoms with Crippen LogP contribution in [0.4, 0.5) is 0 Å². The summed E-state index contributed by atoms with van der Waals surface area (Å²) in [6.45, 7) is 11.8. The minimum absolute atomic E-state index is 0.459. The lowest BCUT2D eigenvalue weighted by molar-refractivity contribution is 0.275. The summed E-state index contributed by atoms with van der Waals surface area (Å²) in [6, 6.07) is 10.3. The standard InChI is InChI=1S/C18H27N/c1-12-8-6-7-9-15(12)13-10-14(11-13)19-16-17(2,3)18(16,4)5/h6-9,13-14,16,19H,10-11H2,1-5H3. The van der Waals surface area contributed by atoms with Crippen LogP contribution in [0.3, 0.4) is 0 Å². The Morgan fingerprint density at radius 2 is 1.58 bits per heavy atom. The summed E-state index contributed by atoms with van der Waals surface area (Å²) in [4.78, 5) is 0. The van der Waals surface area contributed by atoms with E-state index in [-0.39, 0.29) is 0 Å². The third-order valence-corrected chi connectivity index (χ3v) is 6.19. The lowest BCUT2D eigenvalue weighted by Gasteiger charge is -2.38. The molecule has 0 heterocycles. The highest BCUT2D eigenvalue weighted by molar-refractivity contribution is 5.31. The summed E-state index contributed by atoms with van der Waals surface area (Å²) < 4.78 is 0. The minimum atomic E-state index is 0.459. The highest BCUT2D eigenvalue weighted by atomic mass is 15.1. The van der Waals surface area contributed by atoms with E-state index in [4.69, 9.17) is 0 Å². The molecule has 104 valence electrons. The average molecular weight is 257 g/mol. The molecule has 2 fully saturated rings. The Balaban J connectivity index is 1.56. The minimum Gasteiger partial charge on any atom is -0.310 e. The molecule has 0 radical (unpaired) electrons. The Hall–Kier alpha value is -0.820. The van der Waals surface area contributed by atoms with Gasteiger partial charge < -0.3 is 5.32 Å². The second-order valence-electron chi connectivity index (χ2n) is 7.76. The van der Waals surface area contributed by atoms with Gasteiger partial charge in [0.25, 0.3) is 0 Å². The number of benzene rings is 1. The van der Waals surface area contributed by atoms with E-state index in [1.165, 1.54) is 18.4 Å². The van der Waals surface area contributed by atoms with Gasteiger partial charge in [-0.25, -0.2) is 0 Å². The zero-order valence-corrected chi connectivity index (χ0v) is 13.0. The summed E-state index contributed by atoms with van der Waals surface area (Å²) in [5.74, 6) is 0.781. The van der Waals surface area contributed by atoms with Crippen LogP contribution in [0.15, 0.2) is 24.3 Å². The van der Waals surface area contributed by atoms with E-state index < -0.39 is 0 Å². The highest BCUT2D eigenvalue weighted by Gasteiger charge is 2.65. The number of aryl methyl sites for hydroxylation is 1. The SMILES string of the molecule is Cc1ccccc1C1CC(NC2C(C)(C)C2(C)C)C1. The summed E-state index contributed by atoms with van der Waals surface area (Å²) in [5, 5.41) is 3.89. The van der Waals surface area contributed by atoms with Gasteiger partial charge in [0.05, 0.1) is 0 Å². The first kappa shape index (κ1) is 13.2. The first-order chi connectivity index (χ1) is 8.84. The molecule has 2 aliphatic rings. The first-order valence-electron chi connectivity index (χ1n) is 7.65. The monoisotopic (exact) mass is 257 g/mol. The molecule has 1 nitrogen and oxygen atoms in total. The summed E-state index contributed by atoms with van der Waals surface area (Å²) in [6.07, 6.45) is 2.63. The van der Waals surface area contributed by atoms with Crippen molar-refractivity contribution in [3.8, 4) is 0 Å². The van der Waals surface area contributed by atoms with E-state index >= 15 is 0 Å². The summed E-state index contributed by atoms with van der Waals surface area (Å²) >= 11 is 0. The predicted octanol–water partition coefficient (Wildman–Crippen LogP) is 4.27. The quantitative estimate of drug-likeness (QED) is 0.853. The van der Waals surface area contributed by atoms with E-state index in [9.17, 15) is 0 Å². The second-order valence-corrected chi connectivity index (χ2v) is 7.76. The zero-order valence-electron chi connectivity index (χ0n) is 13.0. The third-order valence-electron chi connectivity index (χ3n) is 6.19. The Labute approximate surface area is 117 Å². The van der Waals surface area contributed by atoms with Crippen LogP contribution in [0.5, 0.6) is 0 Å². The molecular weight excluding hydrogens is 230 g/mol. The van der Waals surface area contributed by atoms with Gasteiger partial charge >= 0.3 is 0 Å². The zero-order chi connectivity index (χ0) is 13.8. The van der Waals surface area contributed by atoms with Gasteiger partial charge in [0.1, 0.15) is 0 Å². The number of hydrogen-bond acceptors (Lipinski definition) is 1. The number of rotatable bonds is 3. The topological polar surface area (TPSA) is 12.0 Å². The highest BCUT2D eigenvalue weighted by Crippen LogP contribution is 2.63. The van der Waals surface area contributed by atoms with Crippen LogP contribution in [0.1, 0.15) is 57.6 Å². The van der Waals surface area contributed by atoms with E-state index in [1.807, 2.05) is 0 Å². The van der Waals surface area contributed by atoms with Crippen LogP contribution in [0.25, 0.3) is 0 Å². The number of hydrogen-bond donors (Lipinski definition) is 1. The normalized spacial score (nSPS) is 31.8. The fourth-order valence-electron chi connectivity index (χ4n) is 3.90. The van der Waals surface area contributed by atoms with E-state index in [0.717, 1.165) is 12.0 Å². The van der Waals surface area contributed by atoms with Gasteiger partial charge in [0, 0.05) is 12.1 Å². The second kappa shape index (κ2) is 4.09. The van der Waals surface area contributed by atoms with Crippen LogP contribution in [-0.2, 0) is 0 Å². The molecule has 0 aliphatic heterocycles. The van der Waals surface area contributed by atoms with Crippen LogP contribution in [0.2, 0.25) is 0 Å². The Morgan fingerprint density at radius 1 is 1.00 bits per heavy atom. The maximum atomic E-state index is 3.89. The van der Waals surface area contributed by atoms with Crippen molar-refractivity contribution in [2.75, 3.05) is 0 Å². The van der Waals surface area contributed by atoms with Crippen LogP contribution < -0.4 is 5.32 Å². The van der Waals surface area contributed by atoms with Crippen molar-refractivity contribution in [2.45, 2.75) is 65.5 Å². The van der Waals surface area contributed by atoms with Crippen molar-refractivity contribution in [3.05, 3.63) is 35.4 Å². The van der Waals surface area contributed by atoms with Crippen LogP contribution >= 0.6 is 0 Å². The number of nitrogens with one attached hydrogen (secondary N) is 1. The fourth-order valence-corrected chi connectivity index (χ4v) is 3.90. The molecule has 0 aromatic heterocycles. The molecule has 0 saturated heterocycles. The summed E-state index contributed by atoms with van der Waals surface area (Å²) in [7, 11) is 0. The Kier molecular flexibility index (Phi) is 2.83. The lowest BCUT2D eigenvalue weighted by atomic mass is 9.74.